The highest BCUT2D eigenvalue weighted by atomic mass is 35.5. The molecule has 0 aliphatic heterocycles. The number of hydrogen-bond donors (Lipinski definition) is 0. The van der Waals surface area contributed by atoms with Crippen LogP contribution >= 0.6 is 11.6 Å². The molecule has 0 aliphatic carbocycles. The number of nitrogens with zero attached hydrogens (tertiary/aromatic N) is 2. The highest BCUT2D eigenvalue weighted by Gasteiger charge is 2.24. The second-order valence-corrected chi connectivity index (χ2v) is 6.50. The van der Waals surface area contributed by atoms with E-state index in [4.69, 9.17) is 11.6 Å². The molecule has 0 aromatic heterocycles. The zero-order valence-electron chi connectivity index (χ0n) is 15.1. The molecule has 0 heterocycles. The summed E-state index contributed by atoms with van der Waals surface area (Å²) in [5.41, 5.74) is 1.14. The van der Waals surface area contributed by atoms with Crippen LogP contribution in [0.5, 0.6) is 0 Å². The first-order valence-electron chi connectivity index (χ1n) is 8.58. The number of nitro groups is 2. The molecule has 0 radical (unpaired) electrons. The van der Waals surface area contributed by atoms with E-state index in [2.05, 4.69) is 0 Å². The first kappa shape index (κ1) is 20.0. The van der Waals surface area contributed by atoms with Crippen LogP contribution in [0.15, 0.2) is 72.8 Å². The summed E-state index contributed by atoms with van der Waals surface area (Å²) in [6, 6.07) is 20.6. The van der Waals surface area contributed by atoms with Crippen molar-refractivity contribution in [2.75, 3.05) is 0 Å². The smallest absolute Gasteiger partial charge is 0.258 e. The van der Waals surface area contributed by atoms with Gasteiger partial charge in [0.2, 0.25) is 0 Å². The summed E-state index contributed by atoms with van der Waals surface area (Å²) >= 11 is 6.37. The summed E-state index contributed by atoms with van der Waals surface area (Å²) in [4.78, 5) is 21.7. The monoisotopic (exact) mass is 406 g/mol. The van der Waals surface area contributed by atoms with Gasteiger partial charge in [0, 0.05) is 0 Å². The van der Waals surface area contributed by atoms with Crippen LogP contribution in [0.25, 0.3) is 23.3 Å². The van der Waals surface area contributed by atoms with Gasteiger partial charge >= 0.3 is 0 Å². The van der Waals surface area contributed by atoms with Gasteiger partial charge in [0.15, 0.2) is 0 Å². The Balaban J connectivity index is 2.14. The van der Waals surface area contributed by atoms with Gasteiger partial charge in [-0.1, -0.05) is 78.3 Å². The Morgan fingerprint density at radius 2 is 1.31 bits per heavy atom. The maximum absolute atomic E-state index is 11.5. The Bertz CT molecular complexity index is 1110. The van der Waals surface area contributed by atoms with Crippen LogP contribution < -0.4 is 0 Å². The topological polar surface area (TPSA) is 86.3 Å². The average Bonchev–Trinajstić information content (AvgIpc) is 2.72. The molecule has 0 amide bonds. The molecule has 7 heteroatoms. The fraction of sp³-hybridized carbons (Fsp3) is 0. The first-order chi connectivity index (χ1) is 14.0. The summed E-state index contributed by atoms with van der Waals surface area (Å²) in [5, 5.41) is 23.1. The van der Waals surface area contributed by atoms with Crippen molar-refractivity contribution in [3.8, 4) is 0 Å². The number of halogens is 1. The van der Waals surface area contributed by atoms with E-state index in [0.29, 0.717) is 0 Å². The van der Waals surface area contributed by atoms with E-state index >= 15 is 0 Å². The Labute approximate surface area is 171 Å². The van der Waals surface area contributed by atoms with E-state index in [0.717, 1.165) is 17.2 Å². The fourth-order valence-electron chi connectivity index (χ4n) is 2.75. The van der Waals surface area contributed by atoms with Gasteiger partial charge in [-0.2, -0.15) is 0 Å². The second kappa shape index (κ2) is 8.95. The number of nitro benzene ring substituents is 2. The second-order valence-electron chi connectivity index (χ2n) is 6.09. The van der Waals surface area contributed by atoms with Gasteiger partial charge < -0.3 is 0 Å². The number of benzene rings is 3. The molecule has 6 nitrogen and oxygen atoms in total. The van der Waals surface area contributed by atoms with Crippen LogP contribution in [0, 0.1) is 20.2 Å². The van der Waals surface area contributed by atoms with Crippen LogP contribution in [0.4, 0.5) is 11.4 Å². The number of rotatable bonds is 6. The van der Waals surface area contributed by atoms with Crippen LogP contribution in [0.2, 0.25) is 0 Å². The maximum atomic E-state index is 11.5. The van der Waals surface area contributed by atoms with Crippen LogP contribution in [-0.2, 0) is 0 Å². The lowest BCUT2D eigenvalue weighted by molar-refractivity contribution is -0.394. The summed E-state index contributed by atoms with van der Waals surface area (Å²) in [6.45, 7) is 0. The molecule has 3 aromatic carbocycles. The van der Waals surface area contributed by atoms with Crippen molar-refractivity contribution in [1.29, 1.82) is 0 Å². The lowest BCUT2D eigenvalue weighted by Gasteiger charge is -2.06. The third-order valence-electron chi connectivity index (χ3n) is 4.14. The van der Waals surface area contributed by atoms with Crippen LogP contribution in [0.1, 0.15) is 22.3 Å². The maximum Gasteiger partial charge on any atom is 0.285 e. The molecule has 29 heavy (non-hydrogen) atoms. The molecule has 0 unspecified atom stereocenters. The van der Waals surface area contributed by atoms with Gasteiger partial charge in [0.05, 0.1) is 32.1 Å². The Kier molecular flexibility index (Phi) is 6.16. The van der Waals surface area contributed by atoms with Crippen molar-refractivity contribution >= 4 is 46.2 Å². The molecule has 0 spiro atoms. The van der Waals surface area contributed by atoms with Gasteiger partial charge in [0.25, 0.3) is 11.4 Å². The van der Waals surface area contributed by atoms with Crippen molar-refractivity contribution < 1.29 is 9.85 Å². The Hall–Kier alpha value is -3.77. The quantitative estimate of drug-likeness (QED) is 0.269. The normalized spacial score (nSPS) is 11.6. The van der Waals surface area contributed by atoms with E-state index in [1.807, 2.05) is 48.5 Å². The summed E-state index contributed by atoms with van der Waals surface area (Å²) in [5.74, 6) is 0. The van der Waals surface area contributed by atoms with Crippen molar-refractivity contribution in [2.45, 2.75) is 0 Å². The first-order valence-corrected chi connectivity index (χ1v) is 8.96. The Morgan fingerprint density at radius 3 is 1.86 bits per heavy atom. The third kappa shape index (κ3) is 4.94. The third-order valence-corrected chi connectivity index (χ3v) is 4.46. The van der Waals surface area contributed by atoms with Crippen LogP contribution in [-0.4, -0.2) is 9.85 Å². The summed E-state index contributed by atoms with van der Waals surface area (Å²) in [7, 11) is 0. The molecule has 0 fully saturated rings. The molecule has 0 bridgehead atoms. The van der Waals surface area contributed by atoms with Gasteiger partial charge in [-0.3, -0.25) is 20.2 Å². The highest BCUT2D eigenvalue weighted by Crippen LogP contribution is 2.36. The van der Waals surface area contributed by atoms with Crippen molar-refractivity contribution in [1.82, 2.24) is 0 Å². The van der Waals surface area contributed by atoms with Crippen molar-refractivity contribution in [2.24, 2.45) is 0 Å². The minimum Gasteiger partial charge on any atom is -0.258 e. The molecule has 3 aromatic rings. The molecule has 0 aliphatic rings. The van der Waals surface area contributed by atoms with Crippen molar-refractivity contribution in [3.63, 3.8) is 0 Å². The highest BCUT2D eigenvalue weighted by molar-refractivity contribution is 6.51. The van der Waals surface area contributed by atoms with Gasteiger partial charge in [-0.05, 0) is 29.3 Å². The SMILES string of the molecule is O=[N+]([O-])c1cc([N+](=O)[O-])c(/C(Cl)=C\c2ccccc2)cc1C=Cc1ccccc1. The van der Waals surface area contributed by atoms with Gasteiger partial charge in [0.1, 0.15) is 0 Å². The molecule has 0 atom stereocenters. The molecule has 3 rings (SSSR count). The molecular formula is C22H15ClN2O4. The van der Waals surface area contributed by atoms with E-state index in [1.165, 1.54) is 6.07 Å². The summed E-state index contributed by atoms with van der Waals surface area (Å²) in [6.07, 6.45) is 4.83. The minimum absolute atomic E-state index is 0.110. The van der Waals surface area contributed by atoms with E-state index in [-0.39, 0.29) is 21.8 Å². The largest absolute Gasteiger partial charge is 0.285 e. The lowest BCUT2D eigenvalue weighted by Crippen LogP contribution is -1.99. The molecule has 0 N–H and O–H groups in total. The van der Waals surface area contributed by atoms with E-state index < -0.39 is 15.5 Å². The lowest BCUT2D eigenvalue weighted by atomic mass is 10.0. The average molecular weight is 407 g/mol. The fourth-order valence-corrected chi connectivity index (χ4v) is 3.03. The van der Waals surface area contributed by atoms with Crippen molar-refractivity contribution in [3.05, 3.63) is 115 Å². The zero-order valence-corrected chi connectivity index (χ0v) is 15.8. The minimum atomic E-state index is -0.672. The summed E-state index contributed by atoms with van der Waals surface area (Å²) < 4.78 is 0. The molecular weight excluding hydrogens is 392 g/mol. The molecule has 0 saturated carbocycles. The predicted molar refractivity (Wildman–Crippen MR) is 115 cm³/mol. The van der Waals surface area contributed by atoms with Crippen LogP contribution in [0.3, 0.4) is 0 Å². The molecule has 144 valence electrons. The Morgan fingerprint density at radius 1 is 0.759 bits per heavy atom. The van der Waals surface area contributed by atoms with E-state index in [1.54, 1.807) is 30.4 Å². The molecule has 0 saturated heterocycles. The zero-order chi connectivity index (χ0) is 20.8. The predicted octanol–water partition coefficient (Wildman–Crippen LogP) is 6.41. The van der Waals surface area contributed by atoms with Gasteiger partial charge in [-0.15, -0.1) is 0 Å². The van der Waals surface area contributed by atoms with E-state index in [9.17, 15) is 20.2 Å². The standard InChI is InChI=1S/C22H15ClN2O4/c23-20(13-17-9-5-2-6-10-17)19-14-18(12-11-16-7-3-1-4-8-16)21(24(26)27)15-22(19)25(28)29/h1-15H/b12-11?,20-13+. The number of hydrogen-bond acceptors (Lipinski definition) is 4. The van der Waals surface area contributed by atoms with Gasteiger partial charge in [-0.25, -0.2) is 0 Å².